The molecular formula is C27H18BrN3O2S. The van der Waals surface area contributed by atoms with E-state index in [1.165, 1.54) is 4.90 Å². The molecule has 1 aliphatic heterocycles. The Morgan fingerprint density at radius 2 is 1.68 bits per heavy atom. The highest BCUT2D eigenvalue weighted by atomic mass is 79.9. The summed E-state index contributed by atoms with van der Waals surface area (Å²) in [7, 11) is 0. The first-order valence-corrected chi connectivity index (χ1v) is 12.2. The van der Waals surface area contributed by atoms with Gasteiger partial charge in [0.1, 0.15) is 0 Å². The highest BCUT2D eigenvalue weighted by Gasteiger charge is 2.35. The zero-order valence-electron chi connectivity index (χ0n) is 17.9. The molecule has 0 spiro atoms. The van der Waals surface area contributed by atoms with Crippen LogP contribution in [-0.2, 0) is 17.9 Å². The summed E-state index contributed by atoms with van der Waals surface area (Å²) >= 11 is 4.36. The van der Waals surface area contributed by atoms with E-state index >= 15 is 0 Å². The smallest absolute Gasteiger partial charge is 0.293 e. The number of nitriles is 1. The average molecular weight is 528 g/mol. The highest BCUT2D eigenvalue weighted by molar-refractivity contribution is 9.10. The molecule has 3 aromatic carbocycles. The number of carbonyl (C=O) groups is 2. The molecule has 0 N–H and O–H groups in total. The van der Waals surface area contributed by atoms with Crippen molar-refractivity contribution < 1.29 is 9.59 Å². The van der Waals surface area contributed by atoms with Gasteiger partial charge in [0, 0.05) is 33.7 Å². The third-order valence-electron chi connectivity index (χ3n) is 5.71. The van der Waals surface area contributed by atoms with E-state index in [0.29, 0.717) is 17.0 Å². The zero-order valence-corrected chi connectivity index (χ0v) is 20.3. The lowest BCUT2D eigenvalue weighted by molar-refractivity contribution is -0.123. The van der Waals surface area contributed by atoms with Crippen molar-refractivity contribution in [3.05, 3.63) is 111 Å². The number of para-hydroxylation sites is 1. The number of hydrogen-bond acceptors (Lipinski definition) is 4. The van der Waals surface area contributed by atoms with E-state index in [1.807, 2.05) is 79.0 Å². The molecule has 1 saturated heterocycles. The third-order valence-corrected chi connectivity index (χ3v) is 7.15. The van der Waals surface area contributed by atoms with Gasteiger partial charge in [-0.1, -0.05) is 64.5 Å². The predicted octanol–water partition coefficient (Wildman–Crippen LogP) is 6.56. The van der Waals surface area contributed by atoms with Gasteiger partial charge in [-0.25, -0.2) is 0 Å². The second-order valence-corrected chi connectivity index (χ2v) is 9.80. The number of halogens is 1. The van der Waals surface area contributed by atoms with Crippen LogP contribution in [0.15, 0.2) is 88.4 Å². The Labute approximate surface area is 209 Å². The van der Waals surface area contributed by atoms with Crippen molar-refractivity contribution in [2.24, 2.45) is 0 Å². The van der Waals surface area contributed by atoms with Crippen molar-refractivity contribution in [3.63, 3.8) is 0 Å². The lowest BCUT2D eigenvalue weighted by Crippen LogP contribution is -2.27. The van der Waals surface area contributed by atoms with Crippen molar-refractivity contribution in [1.82, 2.24) is 9.47 Å². The fourth-order valence-corrected chi connectivity index (χ4v) is 5.12. The van der Waals surface area contributed by atoms with E-state index in [1.54, 1.807) is 6.08 Å². The van der Waals surface area contributed by atoms with Crippen LogP contribution < -0.4 is 0 Å². The van der Waals surface area contributed by atoms with Crippen LogP contribution in [-0.4, -0.2) is 20.6 Å². The van der Waals surface area contributed by atoms with Gasteiger partial charge in [0.2, 0.25) is 0 Å². The van der Waals surface area contributed by atoms with Crippen molar-refractivity contribution in [1.29, 1.82) is 5.26 Å². The summed E-state index contributed by atoms with van der Waals surface area (Å²) in [5.74, 6) is -0.287. The minimum Gasteiger partial charge on any atom is -0.342 e. The molecule has 4 aromatic rings. The van der Waals surface area contributed by atoms with E-state index in [-0.39, 0.29) is 17.7 Å². The lowest BCUT2D eigenvalue weighted by Gasteiger charge is -2.12. The van der Waals surface area contributed by atoms with Gasteiger partial charge in [-0.2, -0.15) is 5.26 Å². The Bertz CT molecular complexity index is 1500. The molecule has 1 aromatic heterocycles. The second-order valence-electron chi connectivity index (χ2n) is 7.89. The summed E-state index contributed by atoms with van der Waals surface area (Å²) in [6.07, 6.45) is 3.77. The van der Waals surface area contributed by atoms with E-state index in [4.69, 9.17) is 0 Å². The SMILES string of the molecule is N#Cc1ccccc1Cn1cc(/C=C2\SC(=O)N(Cc3ccc(Br)cc3)C2=O)c2ccccc21. The molecule has 0 radical (unpaired) electrons. The molecule has 2 amide bonds. The molecular weight excluding hydrogens is 510 g/mol. The minimum absolute atomic E-state index is 0.238. The number of nitrogens with zero attached hydrogens (tertiary/aromatic N) is 3. The Hall–Kier alpha value is -3.60. The van der Waals surface area contributed by atoms with Gasteiger partial charge in [0.15, 0.2) is 0 Å². The molecule has 5 rings (SSSR count). The lowest BCUT2D eigenvalue weighted by atomic mass is 10.1. The second kappa shape index (κ2) is 9.34. The molecule has 0 saturated carbocycles. The zero-order chi connectivity index (χ0) is 23.7. The van der Waals surface area contributed by atoms with E-state index in [0.717, 1.165) is 43.8 Å². The van der Waals surface area contributed by atoms with Gasteiger partial charge in [-0.05, 0) is 53.2 Å². The maximum Gasteiger partial charge on any atom is 0.293 e. The molecule has 0 atom stereocenters. The van der Waals surface area contributed by atoms with Gasteiger partial charge in [-0.3, -0.25) is 14.5 Å². The first-order chi connectivity index (χ1) is 16.5. The Morgan fingerprint density at radius 3 is 2.47 bits per heavy atom. The maximum absolute atomic E-state index is 13.1. The van der Waals surface area contributed by atoms with Crippen molar-refractivity contribution in [2.75, 3.05) is 0 Å². The largest absolute Gasteiger partial charge is 0.342 e. The first kappa shape index (κ1) is 22.2. The highest BCUT2D eigenvalue weighted by Crippen LogP contribution is 2.35. The summed E-state index contributed by atoms with van der Waals surface area (Å²) < 4.78 is 3.02. The fourth-order valence-electron chi connectivity index (χ4n) is 4.02. The van der Waals surface area contributed by atoms with Crippen LogP contribution in [0.2, 0.25) is 0 Å². The average Bonchev–Trinajstić information content (AvgIpc) is 3.33. The number of benzene rings is 3. The number of thioether (sulfide) groups is 1. The summed E-state index contributed by atoms with van der Waals surface area (Å²) in [5.41, 5.74) is 4.30. The van der Waals surface area contributed by atoms with Crippen molar-refractivity contribution in [3.8, 4) is 6.07 Å². The van der Waals surface area contributed by atoms with Crippen LogP contribution in [0, 0.1) is 11.3 Å². The molecule has 1 fully saturated rings. The van der Waals surface area contributed by atoms with Gasteiger partial charge in [0.05, 0.1) is 23.1 Å². The van der Waals surface area contributed by atoms with Crippen LogP contribution in [0.5, 0.6) is 0 Å². The van der Waals surface area contributed by atoms with E-state index in [2.05, 4.69) is 26.6 Å². The standard InChI is InChI=1S/C27H18BrN3O2S/c28-22-11-9-18(10-12-22)15-31-26(32)25(34-27(31)33)13-21-17-30(24-8-4-3-7-23(21)24)16-20-6-2-1-5-19(20)14-29/h1-13,17H,15-16H2/b25-13-. The number of aromatic nitrogens is 1. The molecule has 0 bridgehead atoms. The van der Waals surface area contributed by atoms with Crippen LogP contribution in [0.4, 0.5) is 4.79 Å². The summed E-state index contributed by atoms with van der Waals surface area (Å²) in [6.45, 7) is 0.769. The normalized spacial score (nSPS) is 14.8. The monoisotopic (exact) mass is 527 g/mol. The molecule has 2 heterocycles. The van der Waals surface area contributed by atoms with E-state index < -0.39 is 0 Å². The number of amides is 2. The molecule has 0 aliphatic carbocycles. The Balaban J connectivity index is 1.47. The number of rotatable bonds is 5. The topological polar surface area (TPSA) is 66.1 Å². The van der Waals surface area contributed by atoms with Crippen LogP contribution >= 0.6 is 27.7 Å². The third kappa shape index (κ3) is 4.30. The summed E-state index contributed by atoms with van der Waals surface area (Å²) in [4.78, 5) is 27.4. The molecule has 1 aliphatic rings. The summed E-state index contributed by atoms with van der Waals surface area (Å²) in [6, 6.07) is 25.3. The first-order valence-electron chi connectivity index (χ1n) is 10.6. The maximum atomic E-state index is 13.1. The fraction of sp³-hybridized carbons (Fsp3) is 0.0741. The van der Waals surface area contributed by atoms with Gasteiger partial charge in [-0.15, -0.1) is 0 Å². The van der Waals surface area contributed by atoms with Crippen LogP contribution in [0.1, 0.15) is 22.3 Å². The van der Waals surface area contributed by atoms with Gasteiger partial charge < -0.3 is 4.57 Å². The van der Waals surface area contributed by atoms with Crippen molar-refractivity contribution >= 4 is 55.8 Å². The Kier molecular flexibility index (Phi) is 6.10. The molecule has 34 heavy (non-hydrogen) atoms. The predicted molar refractivity (Wildman–Crippen MR) is 138 cm³/mol. The summed E-state index contributed by atoms with van der Waals surface area (Å²) in [5, 5.41) is 10.2. The van der Waals surface area contributed by atoms with E-state index in [9.17, 15) is 14.9 Å². The number of carbonyl (C=O) groups excluding carboxylic acids is 2. The molecule has 5 nitrogen and oxygen atoms in total. The van der Waals surface area contributed by atoms with Gasteiger partial charge in [0.25, 0.3) is 11.1 Å². The number of hydrogen-bond donors (Lipinski definition) is 0. The number of fused-ring (bicyclic) bond motifs is 1. The molecule has 0 unspecified atom stereocenters. The quantitative estimate of drug-likeness (QED) is 0.275. The van der Waals surface area contributed by atoms with Gasteiger partial charge >= 0.3 is 0 Å². The Morgan fingerprint density at radius 1 is 0.941 bits per heavy atom. The minimum atomic E-state index is -0.287. The van der Waals surface area contributed by atoms with Crippen LogP contribution in [0.25, 0.3) is 17.0 Å². The molecule has 166 valence electrons. The molecule has 7 heteroatoms. The van der Waals surface area contributed by atoms with Crippen molar-refractivity contribution in [2.45, 2.75) is 13.1 Å². The van der Waals surface area contributed by atoms with Crippen LogP contribution in [0.3, 0.4) is 0 Å². The number of imide groups is 1.